The second-order valence-electron chi connectivity index (χ2n) is 6.05. The van der Waals surface area contributed by atoms with Crippen molar-refractivity contribution in [2.45, 2.75) is 32.7 Å². The lowest BCUT2D eigenvalue weighted by Crippen LogP contribution is -2.45. The lowest BCUT2D eigenvalue weighted by Gasteiger charge is -2.23. The van der Waals surface area contributed by atoms with Crippen LogP contribution in [0.2, 0.25) is 5.02 Å². The van der Waals surface area contributed by atoms with Gasteiger partial charge in [-0.15, -0.1) is 0 Å². The van der Waals surface area contributed by atoms with E-state index in [-0.39, 0.29) is 17.4 Å². The Labute approximate surface area is 124 Å². The summed E-state index contributed by atoms with van der Waals surface area (Å²) < 4.78 is 0. The number of rotatable bonds is 2. The Bertz CT molecular complexity index is 537. The quantitative estimate of drug-likeness (QED) is 0.853. The van der Waals surface area contributed by atoms with E-state index in [4.69, 9.17) is 11.6 Å². The van der Waals surface area contributed by atoms with E-state index in [0.29, 0.717) is 18.0 Å². The van der Waals surface area contributed by atoms with Crippen molar-refractivity contribution >= 4 is 29.1 Å². The highest BCUT2D eigenvalue weighted by molar-refractivity contribution is 6.31. The Hall–Kier alpha value is -1.55. The molecule has 1 aromatic carbocycles. The standard InChI is InChI=1S/C15H19ClN2O2/c1-15(2,3)17-13(19)12-7-8-18(14(12)20)11-6-4-5-10(16)9-11/h4-6,9,12H,7-8H2,1-3H3,(H,17,19). The molecule has 1 heterocycles. The maximum Gasteiger partial charge on any atom is 0.239 e. The maximum absolute atomic E-state index is 12.4. The average Bonchev–Trinajstić information content (AvgIpc) is 2.69. The summed E-state index contributed by atoms with van der Waals surface area (Å²) in [5.41, 5.74) is 0.412. The van der Waals surface area contributed by atoms with E-state index in [1.165, 1.54) is 0 Å². The van der Waals surface area contributed by atoms with Gasteiger partial charge in [-0.3, -0.25) is 9.59 Å². The van der Waals surface area contributed by atoms with Crippen LogP contribution in [-0.2, 0) is 9.59 Å². The molecule has 20 heavy (non-hydrogen) atoms. The fourth-order valence-corrected chi connectivity index (χ4v) is 2.46. The maximum atomic E-state index is 12.4. The third-order valence-corrected chi connectivity index (χ3v) is 3.38. The van der Waals surface area contributed by atoms with E-state index in [2.05, 4.69) is 5.32 Å². The van der Waals surface area contributed by atoms with Crippen molar-refractivity contribution in [3.05, 3.63) is 29.3 Å². The minimum Gasteiger partial charge on any atom is -0.351 e. The summed E-state index contributed by atoms with van der Waals surface area (Å²) in [4.78, 5) is 26.1. The highest BCUT2D eigenvalue weighted by atomic mass is 35.5. The molecule has 1 aliphatic rings. The zero-order valence-corrected chi connectivity index (χ0v) is 12.7. The minimum absolute atomic E-state index is 0.158. The first-order chi connectivity index (χ1) is 9.28. The fourth-order valence-electron chi connectivity index (χ4n) is 2.28. The van der Waals surface area contributed by atoms with Gasteiger partial charge < -0.3 is 10.2 Å². The third-order valence-electron chi connectivity index (χ3n) is 3.14. The van der Waals surface area contributed by atoms with Gasteiger partial charge in [-0.25, -0.2) is 0 Å². The van der Waals surface area contributed by atoms with E-state index in [1.807, 2.05) is 26.8 Å². The van der Waals surface area contributed by atoms with E-state index in [9.17, 15) is 9.59 Å². The van der Waals surface area contributed by atoms with Gasteiger partial charge >= 0.3 is 0 Å². The first kappa shape index (κ1) is 14.9. The molecule has 0 radical (unpaired) electrons. The predicted molar refractivity (Wildman–Crippen MR) is 79.8 cm³/mol. The normalized spacial score (nSPS) is 19.3. The highest BCUT2D eigenvalue weighted by Crippen LogP contribution is 2.27. The summed E-state index contributed by atoms with van der Waals surface area (Å²) >= 11 is 5.94. The van der Waals surface area contributed by atoms with Crippen molar-refractivity contribution in [2.75, 3.05) is 11.4 Å². The molecule has 4 nitrogen and oxygen atoms in total. The lowest BCUT2D eigenvalue weighted by molar-refractivity contribution is -0.133. The number of anilines is 1. The number of halogens is 1. The first-order valence-corrected chi connectivity index (χ1v) is 7.05. The molecule has 1 aromatic rings. The van der Waals surface area contributed by atoms with Crippen LogP contribution in [-0.4, -0.2) is 23.9 Å². The molecule has 0 aromatic heterocycles. The van der Waals surface area contributed by atoms with Crippen LogP contribution in [0.1, 0.15) is 27.2 Å². The molecule has 0 spiro atoms. The Morgan fingerprint density at radius 1 is 1.40 bits per heavy atom. The van der Waals surface area contributed by atoms with Crippen molar-refractivity contribution in [2.24, 2.45) is 5.92 Å². The first-order valence-electron chi connectivity index (χ1n) is 6.67. The zero-order valence-electron chi connectivity index (χ0n) is 11.9. The number of benzene rings is 1. The molecule has 0 bridgehead atoms. The summed E-state index contributed by atoms with van der Waals surface area (Å²) in [6.45, 7) is 6.25. The van der Waals surface area contributed by atoms with Crippen LogP contribution in [0, 0.1) is 5.92 Å². The van der Waals surface area contributed by atoms with E-state index >= 15 is 0 Å². The Morgan fingerprint density at radius 2 is 2.10 bits per heavy atom. The number of nitrogens with zero attached hydrogens (tertiary/aromatic N) is 1. The van der Waals surface area contributed by atoms with Gasteiger partial charge in [-0.1, -0.05) is 17.7 Å². The Balaban J connectivity index is 2.12. The van der Waals surface area contributed by atoms with Crippen LogP contribution >= 0.6 is 11.6 Å². The number of hydrogen-bond acceptors (Lipinski definition) is 2. The zero-order chi connectivity index (χ0) is 14.9. The molecule has 0 aliphatic carbocycles. The largest absolute Gasteiger partial charge is 0.351 e. The summed E-state index contributed by atoms with van der Waals surface area (Å²) in [7, 11) is 0. The highest BCUT2D eigenvalue weighted by Gasteiger charge is 2.38. The topological polar surface area (TPSA) is 49.4 Å². The molecule has 1 N–H and O–H groups in total. The molecule has 1 aliphatic heterocycles. The van der Waals surface area contributed by atoms with Crippen LogP contribution in [0.3, 0.4) is 0 Å². The van der Waals surface area contributed by atoms with Crippen molar-refractivity contribution in [1.82, 2.24) is 5.32 Å². The van der Waals surface area contributed by atoms with E-state index in [0.717, 1.165) is 5.69 Å². The Morgan fingerprint density at radius 3 is 2.70 bits per heavy atom. The number of carbonyl (C=O) groups excluding carboxylic acids is 2. The van der Waals surface area contributed by atoms with E-state index in [1.54, 1.807) is 23.1 Å². The number of amides is 2. The van der Waals surface area contributed by atoms with Crippen LogP contribution in [0.4, 0.5) is 5.69 Å². The van der Waals surface area contributed by atoms with Gasteiger partial charge in [0.25, 0.3) is 0 Å². The Kier molecular flexibility index (Phi) is 4.04. The van der Waals surface area contributed by atoms with Crippen LogP contribution in [0.15, 0.2) is 24.3 Å². The van der Waals surface area contributed by atoms with Gasteiger partial charge in [0.05, 0.1) is 0 Å². The van der Waals surface area contributed by atoms with Gasteiger partial charge in [-0.2, -0.15) is 0 Å². The smallest absolute Gasteiger partial charge is 0.239 e. The van der Waals surface area contributed by atoms with Gasteiger partial charge in [0, 0.05) is 22.8 Å². The number of carbonyl (C=O) groups is 2. The third kappa shape index (κ3) is 3.31. The van der Waals surface area contributed by atoms with Crippen LogP contribution in [0.25, 0.3) is 0 Å². The van der Waals surface area contributed by atoms with Crippen molar-refractivity contribution in [3.8, 4) is 0 Å². The molecule has 1 atom stereocenters. The molecule has 1 fully saturated rings. The molecule has 2 amide bonds. The van der Waals surface area contributed by atoms with Crippen LogP contribution < -0.4 is 10.2 Å². The number of hydrogen-bond donors (Lipinski definition) is 1. The average molecular weight is 295 g/mol. The number of nitrogens with one attached hydrogen (secondary N) is 1. The second kappa shape index (κ2) is 5.44. The lowest BCUT2D eigenvalue weighted by atomic mass is 10.0. The van der Waals surface area contributed by atoms with Crippen molar-refractivity contribution in [3.63, 3.8) is 0 Å². The second-order valence-corrected chi connectivity index (χ2v) is 6.49. The fraction of sp³-hybridized carbons (Fsp3) is 0.467. The molecule has 1 unspecified atom stereocenters. The monoisotopic (exact) mass is 294 g/mol. The van der Waals surface area contributed by atoms with Gasteiger partial charge in [0.2, 0.25) is 11.8 Å². The predicted octanol–water partition coefficient (Wildman–Crippen LogP) is 2.61. The minimum atomic E-state index is -0.604. The van der Waals surface area contributed by atoms with Gasteiger partial charge in [0.15, 0.2) is 0 Å². The van der Waals surface area contributed by atoms with Crippen LogP contribution in [0.5, 0.6) is 0 Å². The molecular formula is C15H19ClN2O2. The van der Waals surface area contributed by atoms with Gasteiger partial charge in [0.1, 0.15) is 5.92 Å². The summed E-state index contributed by atoms with van der Waals surface area (Å²) in [5, 5.41) is 3.44. The van der Waals surface area contributed by atoms with E-state index < -0.39 is 5.92 Å². The molecular weight excluding hydrogens is 276 g/mol. The summed E-state index contributed by atoms with van der Waals surface area (Å²) in [6.07, 6.45) is 0.535. The molecule has 1 saturated heterocycles. The SMILES string of the molecule is CC(C)(C)NC(=O)C1CCN(c2cccc(Cl)c2)C1=O. The van der Waals surface area contributed by atoms with Gasteiger partial charge in [-0.05, 0) is 45.4 Å². The molecule has 0 saturated carbocycles. The summed E-state index contributed by atoms with van der Waals surface area (Å²) in [5.74, 6) is -0.964. The van der Waals surface area contributed by atoms with Crippen molar-refractivity contribution < 1.29 is 9.59 Å². The summed E-state index contributed by atoms with van der Waals surface area (Å²) in [6, 6.07) is 7.13. The molecule has 108 valence electrons. The van der Waals surface area contributed by atoms with Crippen molar-refractivity contribution in [1.29, 1.82) is 0 Å². The molecule has 2 rings (SSSR count). The molecule has 5 heteroatoms.